The summed E-state index contributed by atoms with van der Waals surface area (Å²) in [5, 5.41) is 1.58. The molecule has 180 valence electrons. The predicted octanol–water partition coefficient (Wildman–Crippen LogP) is 9.52. The number of allylic oxidation sites excluding steroid dienone is 4. The molecule has 0 saturated heterocycles. The maximum absolute atomic E-state index is 15.1. The summed E-state index contributed by atoms with van der Waals surface area (Å²) in [6.45, 7) is 4.14. The number of benzene rings is 3. The van der Waals surface area contributed by atoms with E-state index in [0.29, 0.717) is 16.9 Å². The smallest absolute Gasteiger partial charge is 0.146 e. The summed E-state index contributed by atoms with van der Waals surface area (Å²) in [6.07, 6.45) is 18.4. The lowest BCUT2D eigenvalue weighted by molar-refractivity contribution is 0.312. The molecule has 0 heterocycles. The van der Waals surface area contributed by atoms with Crippen molar-refractivity contribution in [1.29, 1.82) is 0 Å². The van der Waals surface area contributed by atoms with Gasteiger partial charge in [0.05, 0.1) is 5.56 Å². The average molecular weight is 465 g/mol. The second kappa shape index (κ2) is 12.6. The summed E-state index contributed by atoms with van der Waals surface area (Å²) < 4.78 is 15.1. The minimum atomic E-state index is -0.224. The zero-order chi connectivity index (χ0) is 24.5. The van der Waals surface area contributed by atoms with Gasteiger partial charge in [0.2, 0.25) is 0 Å². The van der Waals surface area contributed by atoms with Gasteiger partial charge in [0.25, 0.3) is 0 Å². The van der Waals surface area contributed by atoms with Gasteiger partial charge in [-0.3, -0.25) is 0 Å². The lowest BCUT2D eigenvalue weighted by atomic mass is 9.77. The fourth-order valence-corrected chi connectivity index (χ4v) is 5.27. The Kier molecular flexibility index (Phi) is 8.96. The average Bonchev–Trinajstić information content (AvgIpc) is 2.89. The minimum absolute atomic E-state index is 0.224. The molecule has 0 bridgehead atoms. The van der Waals surface area contributed by atoms with Crippen LogP contribution in [0.5, 0.6) is 0 Å². The highest BCUT2D eigenvalue weighted by Crippen LogP contribution is 2.37. The van der Waals surface area contributed by atoms with Gasteiger partial charge >= 0.3 is 0 Å². The first kappa shape index (κ1) is 25.0. The third kappa shape index (κ3) is 6.73. The molecular weight excluding hydrogens is 427 g/mol. The Morgan fingerprint density at radius 3 is 2.31 bits per heavy atom. The van der Waals surface area contributed by atoms with E-state index < -0.39 is 0 Å². The Hall–Kier alpha value is -3.11. The van der Waals surface area contributed by atoms with Crippen LogP contribution >= 0.6 is 0 Å². The van der Waals surface area contributed by atoms with Crippen LogP contribution in [0.15, 0.2) is 78.9 Å². The summed E-state index contributed by atoms with van der Waals surface area (Å²) in [5.74, 6) is 7.56. The molecule has 35 heavy (non-hydrogen) atoms. The van der Waals surface area contributed by atoms with Crippen molar-refractivity contribution < 1.29 is 4.39 Å². The van der Waals surface area contributed by atoms with E-state index in [-0.39, 0.29) is 5.82 Å². The van der Waals surface area contributed by atoms with Crippen LogP contribution in [0.25, 0.3) is 10.8 Å². The molecule has 0 aliphatic heterocycles. The maximum atomic E-state index is 15.1. The first-order valence-electron chi connectivity index (χ1n) is 13.2. The number of aryl methyl sites for hydroxylation is 1. The van der Waals surface area contributed by atoms with Crippen LogP contribution in [0.4, 0.5) is 4.39 Å². The molecule has 0 N–H and O–H groups in total. The summed E-state index contributed by atoms with van der Waals surface area (Å²) in [5.41, 5.74) is 4.05. The Balaban J connectivity index is 1.39. The second-order valence-electron chi connectivity index (χ2n) is 9.83. The number of hydrogen-bond acceptors (Lipinski definition) is 0. The molecule has 0 amide bonds. The van der Waals surface area contributed by atoms with E-state index in [4.69, 9.17) is 0 Å². The lowest BCUT2D eigenvalue weighted by Gasteiger charge is -2.28. The normalized spacial score (nSPS) is 18.3. The molecule has 3 aromatic rings. The van der Waals surface area contributed by atoms with Crippen molar-refractivity contribution in [3.63, 3.8) is 0 Å². The van der Waals surface area contributed by atoms with Gasteiger partial charge in [-0.05, 0) is 112 Å². The summed E-state index contributed by atoms with van der Waals surface area (Å²) in [4.78, 5) is 0. The van der Waals surface area contributed by atoms with E-state index in [9.17, 15) is 0 Å². The van der Waals surface area contributed by atoms with Crippen molar-refractivity contribution in [3.05, 3.63) is 107 Å². The van der Waals surface area contributed by atoms with Gasteiger partial charge in [-0.2, -0.15) is 0 Å². The molecule has 0 nitrogen and oxygen atoms in total. The maximum Gasteiger partial charge on any atom is 0.146 e. The Labute approximate surface area is 211 Å². The molecule has 0 spiro atoms. The first-order chi connectivity index (χ1) is 17.2. The molecule has 1 fully saturated rings. The molecule has 0 unspecified atom stereocenters. The van der Waals surface area contributed by atoms with E-state index in [1.54, 1.807) is 0 Å². The fraction of sp³-hybridized carbons (Fsp3) is 0.353. The van der Waals surface area contributed by atoms with Gasteiger partial charge in [-0.15, -0.1) is 0 Å². The van der Waals surface area contributed by atoms with E-state index in [1.807, 2.05) is 31.2 Å². The topological polar surface area (TPSA) is 0 Å². The summed E-state index contributed by atoms with van der Waals surface area (Å²) >= 11 is 0. The fourth-order valence-electron chi connectivity index (χ4n) is 5.27. The Morgan fingerprint density at radius 2 is 1.57 bits per heavy atom. The standard InChI is InChI=1S/C34H37F/c1-3-5-7-9-26-11-17-29(18-12-26)30-19-13-27(14-20-30)15-21-31-22-23-32-25-28(10-8-6-4-2)16-24-33(32)34(31)35/h3-6,13-14,16,19-20,22-26,29H,7-12,17-18H2,1-2H3/b5-3+,6-4+. The third-order valence-electron chi connectivity index (χ3n) is 7.40. The SMILES string of the molecule is C/C=C/CCc1ccc2c(F)c(C#Cc3ccc(C4CCC(CC/C=C/C)CC4)cc3)ccc2c1. The van der Waals surface area contributed by atoms with E-state index >= 15 is 4.39 Å². The summed E-state index contributed by atoms with van der Waals surface area (Å²) in [6, 6.07) is 18.4. The van der Waals surface area contributed by atoms with Crippen molar-refractivity contribution in [2.75, 3.05) is 0 Å². The van der Waals surface area contributed by atoms with Crippen molar-refractivity contribution in [3.8, 4) is 11.8 Å². The molecular formula is C34H37F. The largest absolute Gasteiger partial charge is 0.205 e. The predicted molar refractivity (Wildman–Crippen MR) is 148 cm³/mol. The van der Waals surface area contributed by atoms with Gasteiger partial charge in [-0.1, -0.05) is 72.5 Å². The van der Waals surface area contributed by atoms with Crippen LogP contribution in [0.3, 0.4) is 0 Å². The highest BCUT2D eigenvalue weighted by molar-refractivity contribution is 5.85. The third-order valence-corrected chi connectivity index (χ3v) is 7.40. The van der Waals surface area contributed by atoms with Crippen molar-refractivity contribution in [2.24, 2.45) is 5.92 Å². The molecule has 4 rings (SSSR count). The van der Waals surface area contributed by atoms with E-state index in [1.165, 1.54) is 49.7 Å². The highest BCUT2D eigenvalue weighted by Gasteiger charge is 2.21. The van der Waals surface area contributed by atoms with Crippen molar-refractivity contribution in [2.45, 2.75) is 71.1 Å². The number of hydrogen-bond donors (Lipinski definition) is 0. The highest BCUT2D eigenvalue weighted by atomic mass is 19.1. The van der Waals surface area contributed by atoms with Crippen LogP contribution in [0, 0.1) is 23.6 Å². The first-order valence-corrected chi connectivity index (χ1v) is 13.2. The van der Waals surface area contributed by atoms with Crippen LogP contribution in [0.1, 0.15) is 87.0 Å². The Bertz CT molecular complexity index is 1230. The van der Waals surface area contributed by atoms with Crippen LogP contribution < -0.4 is 0 Å². The van der Waals surface area contributed by atoms with Crippen LogP contribution in [0.2, 0.25) is 0 Å². The van der Waals surface area contributed by atoms with Crippen LogP contribution in [-0.4, -0.2) is 0 Å². The molecule has 0 aromatic heterocycles. The monoisotopic (exact) mass is 464 g/mol. The van der Waals surface area contributed by atoms with Crippen molar-refractivity contribution in [1.82, 2.24) is 0 Å². The van der Waals surface area contributed by atoms with Gasteiger partial charge in [-0.25, -0.2) is 4.39 Å². The van der Waals surface area contributed by atoms with E-state index in [2.05, 4.69) is 73.4 Å². The number of halogens is 1. The Morgan fingerprint density at radius 1 is 0.829 bits per heavy atom. The van der Waals surface area contributed by atoms with Gasteiger partial charge in [0, 0.05) is 10.9 Å². The molecule has 1 aliphatic rings. The zero-order valence-corrected chi connectivity index (χ0v) is 21.2. The molecule has 1 aliphatic carbocycles. The molecule has 0 atom stereocenters. The lowest BCUT2D eigenvalue weighted by Crippen LogP contribution is -2.13. The number of rotatable bonds is 7. The van der Waals surface area contributed by atoms with Gasteiger partial charge < -0.3 is 0 Å². The molecule has 3 aromatic carbocycles. The minimum Gasteiger partial charge on any atom is -0.205 e. The molecule has 1 saturated carbocycles. The van der Waals surface area contributed by atoms with Crippen LogP contribution in [-0.2, 0) is 6.42 Å². The molecule has 1 heteroatoms. The summed E-state index contributed by atoms with van der Waals surface area (Å²) in [7, 11) is 0. The zero-order valence-electron chi connectivity index (χ0n) is 21.2. The second-order valence-corrected chi connectivity index (χ2v) is 9.83. The number of fused-ring (bicyclic) bond motifs is 1. The molecule has 0 radical (unpaired) electrons. The van der Waals surface area contributed by atoms with Gasteiger partial charge in [0.1, 0.15) is 5.82 Å². The van der Waals surface area contributed by atoms with E-state index in [0.717, 1.165) is 29.7 Å². The quantitative estimate of drug-likeness (QED) is 0.241. The van der Waals surface area contributed by atoms with Crippen molar-refractivity contribution >= 4 is 10.8 Å². The van der Waals surface area contributed by atoms with Gasteiger partial charge in [0.15, 0.2) is 0 Å².